The maximum Gasteiger partial charge on any atom is 0.00104 e. The summed E-state index contributed by atoms with van der Waals surface area (Å²) in [5.41, 5.74) is 1.41. The van der Waals surface area contributed by atoms with Gasteiger partial charge in [0, 0.05) is 38.8 Å². The Morgan fingerprint density at radius 2 is 1.43 bits per heavy atom. The maximum atomic E-state index is 3.41. The third kappa shape index (κ3) is 16.5. The summed E-state index contributed by atoms with van der Waals surface area (Å²) in [6, 6.07) is 11.2. The van der Waals surface area contributed by atoms with E-state index in [4.69, 9.17) is 0 Å². The molecule has 1 aliphatic carbocycles. The summed E-state index contributed by atoms with van der Waals surface area (Å²) in [7, 11) is 0. The molecule has 0 unspecified atom stereocenters. The van der Waals surface area contributed by atoms with E-state index in [1.165, 1.54) is 24.9 Å². The molecule has 0 aromatic heterocycles. The Balaban J connectivity index is -0.000000116. The van der Waals surface area contributed by atoms with Gasteiger partial charge in [0.05, 0.1) is 0 Å². The molecule has 2 rings (SSSR count). The molecule has 0 aliphatic heterocycles. The SMILES string of the molecule is C.C.C.CC(C)NCC1CC1.CC(C)c1ccccc1.[Y]. The fourth-order valence-corrected chi connectivity index (χ4v) is 1.56. The van der Waals surface area contributed by atoms with Crippen LogP contribution in [0, 0.1) is 5.92 Å². The van der Waals surface area contributed by atoms with Crippen LogP contribution in [-0.4, -0.2) is 12.6 Å². The van der Waals surface area contributed by atoms with Crippen LogP contribution in [0.1, 0.15) is 74.3 Å². The van der Waals surface area contributed by atoms with Crippen molar-refractivity contribution in [1.82, 2.24) is 5.32 Å². The number of nitrogens with one attached hydrogen (secondary N) is 1. The third-order valence-corrected chi connectivity index (χ3v) is 2.98. The molecule has 1 N–H and O–H groups in total. The van der Waals surface area contributed by atoms with Crippen molar-refractivity contribution in [3.63, 3.8) is 0 Å². The van der Waals surface area contributed by atoms with Crippen molar-refractivity contribution in [2.24, 2.45) is 5.92 Å². The van der Waals surface area contributed by atoms with E-state index in [9.17, 15) is 0 Å². The molecule has 0 heterocycles. The van der Waals surface area contributed by atoms with Crippen molar-refractivity contribution in [2.75, 3.05) is 6.54 Å². The van der Waals surface area contributed by atoms with Crippen molar-refractivity contribution >= 4 is 0 Å². The second-order valence-electron chi connectivity index (χ2n) is 5.57. The van der Waals surface area contributed by atoms with Gasteiger partial charge in [0.25, 0.3) is 0 Å². The van der Waals surface area contributed by atoms with Gasteiger partial charge >= 0.3 is 0 Å². The minimum absolute atomic E-state index is 0. The first-order valence-electron chi connectivity index (χ1n) is 6.88. The van der Waals surface area contributed by atoms with E-state index in [1.54, 1.807) is 0 Å². The molecule has 123 valence electrons. The summed E-state index contributed by atoms with van der Waals surface area (Å²) in [5.74, 6) is 1.68. The van der Waals surface area contributed by atoms with Crippen LogP contribution in [0.5, 0.6) is 0 Å². The summed E-state index contributed by atoms with van der Waals surface area (Å²) < 4.78 is 0. The van der Waals surface area contributed by atoms with E-state index in [-0.39, 0.29) is 55.0 Å². The molecular formula is C19H39NY. The van der Waals surface area contributed by atoms with Crippen LogP contribution in [0.15, 0.2) is 30.3 Å². The predicted octanol–water partition coefficient (Wildman–Crippen LogP) is 6.11. The van der Waals surface area contributed by atoms with Gasteiger partial charge in [0.2, 0.25) is 0 Å². The number of hydrogen-bond donors (Lipinski definition) is 1. The molecular weight excluding hydrogens is 331 g/mol. The first-order chi connectivity index (χ1) is 8.09. The monoisotopic (exact) mass is 370 g/mol. The molecule has 0 saturated heterocycles. The fourth-order valence-electron chi connectivity index (χ4n) is 1.56. The Morgan fingerprint density at radius 3 is 1.71 bits per heavy atom. The summed E-state index contributed by atoms with van der Waals surface area (Å²) in [6.45, 7) is 10.0. The smallest absolute Gasteiger partial charge is 0.00104 e. The van der Waals surface area contributed by atoms with E-state index in [0.29, 0.717) is 12.0 Å². The summed E-state index contributed by atoms with van der Waals surface area (Å²) in [5, 5.41) is 3.41. The van der Waals surface area contributed by atoms with Gasteiger partial charge in [0.1, 0.15) is 0 Å². The predicted molar refractivity (Wildman–Crippen MR) is 96.6 cm³/mol. The van der Waals surface area contributed by atoms with Gasteiger partial charge < -0.3 is 5.32 Å². The standard InChI is InChI=1S/C9H12.C7H15N.3CH4.Y/c1-8(2)9-6-4-3-5-7-9;1-6(2)8-5-7-3-4-7;;;;/h3-8H,1-2H3;6-8H,3-5H2,1-2H3;3*1H4;. The minimum Gasteiger partial charge on any atom is -0.314 e. The molecule has 1 aliphatic rings. The zero-order valence-corrected chi connectivity index (χ0v) is 15.2. The minimum atomic E-state index is 0. The zero-order chi connectivity index (χ0) is 12.7. The van der Waals surface area contributed by atoms with Gasteiger partial charge in [-0.2, -0.15) is 0 Å². The molecule has 1 saturated carbocycles. The molecule has 1 aromatic carbocycles. The van der Waals surface area contributed by atoms with Crippen LogP contribution < -0.4 is 5.32 Å². The molecule has 0 bridgehead atoms. The molecule has 1 aromatic rings. The third-order valence-electron chi connectivity index (χ3n) is 2.98. The van der Waals surface area contributed by atoms with Crippen LogP contribution in [-0.2, 0) is 32.7 Å². The van der Waals surface area contributed by atoms with E-state index in [1.807, 2.05) is 6.07 Å². The summed E-state index contributed by atoms with van der Waals surface area (Å²) in [4.78, 5) is 0. The van der Waals surface area contributed by atoms with Crippen molar-refractivity contribution in [3.8, 4) is 0 Å². The largest absolute Gasteiger partial charge is 0.314 e. The number of benzene rings is 1. The van der Waals surface area contributed by atoms with Gasteiger partial charge in [0.15, 0.2) is 0 Å². The Morgan fingerprint density at radius 1 is 0.952 bits per heavy atom. The number of rotatable bonds is 4. The van der Waals surface area contributed by atoms with Crippen molar-refractivity contribution in [3.05, 3.63) is 35.9 Å². The van der Waals surface area contributed by atoms with E-state index >= 15 is 0 Å². The van der Waals surface area contributed by atoms with Crippen molar-refractivity contribution < 1.29 is 32.7 Å². The van der Waals surface area contributed by atoms with Crippen LogP contribution in [0.4, 0.5) is 0 Å². The maximum absolute atomic E-state index is 3.41. The Labute approximate surface area is 160 Å². The zero-order valence-electron chi connectivity index (χ0n) is 12.3. The van der Waals surface area contributed by atoms with E-state index in [0.717, 1.165) is 5.92 Å². The quantitative estimate of drug-likeness (QED) is 0.674. The van der Waals surface area contributed by atoms with Crippen LogP contribution in [0.2, 0.25) is 0 Å². The Kier molecular flexibility index (Phi) is 23.2. The normalized spacial score (nSPS) is 11.9. The molecule has 0 spiro atoms. The second-order valence-corrected chi connectivity index (χ2v) is 5.57. The fraction of sp³-hybridized carbons (Fsp3) is 0.684. The molecule has 1 fully saturated rings. The van der Waals surface area contributed by atoms with Crippen LogP contribution >= 0.6 is 0 Å². The first kappa shape index (κ1) is 29.3. The summed E-state index contributed by atoms with van der Waals surface area (Å²) >= 11 is 0. The molecule has 0 atom stereocenters. The Bertz CT molecular complexity index is 290. The first-order valence-corrected chi connectivity index (χ1v) is 6.88. The van der Waals surface area contributed by atoms with Crippen molar-refractivity contribution in [2.45, 2.75) is 74.8 Å². The van der Waals surface area contributed by atoms with E-state index in [2.05, 4.69) is 57.3 Å². The molecule has 0 amide bonds. The van der Waals surface area contributed by atoms with Crippen molar-refractivity contribution in [1.29, 1.82) is 0 Å². The summed E-state index contributed by atoms with van der Waals surface area (Å²) in [6.07, 6.45) is 2.92. The van der Waals surface area contributed by atoms with Crippen LogP contribution in [0.25, 0.3) is 0 Å². The van der Waals surface area contributed by atoms with Gasteiger partial charge in [-0.25, -0.2) is 0 Å². The van der Waals surface area contributed by atoms with E-state index < -0.39 is 0 Å². The average Bonchev–Trinajstić information content (AvgIpc) is 3.12. The van der Waals surface area contributed by atoms with Gasteiger partial charge in [-0.05, 0) is 36.8 Å². The molecule has 1 radical (unpaired) electrons. The number of hydrogen-bond acceptors (Lipinski definition) is 1. The van der Waals surface area contributed by atoms with Crippen LogP contribution in [0.3, 0.4) is 0 Å². The van der Waals surface area contributed by atoms with Gasteiger partial charge in [-0.15, -0.1) is 0 Å². The molecule has 21 heavy (non-hydrogen) atoms. The topological polar surface area (TPSA) is 12.0 Å². The van der Waals surface area contributed by atoms with Gasteiger partial charge in [-0.1, -0.05) is 80.3 Å². The molecule has 2 heteroatoms. The second kappa shape index (κ2) is 16.7. The molecule has 1 nitrogen and oxygen atoms in total. The Hall–Kier alpha value is 0.284. The average molecular weight is 370 g/mol. The van der Waals surface area contributed by atoms with Gasteiger partial charge in [-0.3, -0.25) is 0 Å².